The Balaban J connectivity index is 1.83. The molecule has 0 aliphatic rings. The maximum absolute atomic E-state index is 14.4. The Labute approximate surface area is 210 Å². The molecule has 2 aromatic carbocycles. The van der Waals surface area contributed by atoms with Gasteiger partial charge in [0.05, 0.1) is 6.54 Å². The number of aromatic nitrogens is 3. The molecule has 0 saturated heterocycles. The molecule has 4 aromatic rings. The highest BCUT2D eigenvalue weighted by Gasteiger charge is 2.41. The van der Waals surface area contributed by atoms with Crippen LogP contribution in [0.2, 0.25) is 5.02 Å². The van der Waals surface area contributed by atoms with Gasteiger partial charge in [-0.2, -0.15) is 13.2 Å². The van der Waals surface area contributed by atoms with Crippen LogP contribution in [0.4, 0.5) is 18.0 Å². The molecule has 0 aliphatic heterocycles. The van der Waals surface area contributed by atoms with Gasteiger partial charge in [-0.3, -0.25) is 0 Å². The summed E-state index contributed by atoms with van der Waals surface area (Å²) < 4.78 is 55.0. The second-order valence-electron chi connectivity index (χ2n) is 8.17. The Morgan fingerprint density at radius 2 is 1.75 bits per heavy atom. The van der Waals surface area contributed by atoms with Crippen molar-refractivity contribution in [3.8, 4) is 17.0 Å². The van der Waals surface area contributed by atoms with E-state index >= 15 is 0 Å². The summed E-state index contributed by atoms with van der Waals surface area (Å²) in [5, 5.41) is 7.97. The zero-order valence-electron chi connectivity index (χ0n) is 19.6. The lowest BCUT2D eigenvalue weighted by Gasteiger charge is -2.19. The zero-order chi connectivity index (χ0) is 26.0. The molecule has 188 valence electrons. The van der Waals surface area contributed by atoms with Crippen molar-refractivity contribution >= 4 is 17.7 Å². The first-order valence-corrected chi connectivity index (χ1v) is 11.2. The van der Waals surface area contributed by atoms with Gasteiger partial charge >= 0.3 is 12.3 Å². The number of benzene rings is 2. The first-order chi connectivity index (χ1) is 17.0. The number of halogens is 4. The molecule has 11 heteroatoms. The lowest BCUT2D eigenvalue weighted by molar-refractivity contribution is -0.144. The number of alkyl halides is 3. The zero-order valence-corrected chi connectivity index (χ0v) is 20.4. The Kier molecular flexibility index (Phi) is 7.07. The fourth-order valence-corrected chi connectivity index (χ4v) is 4.02. The van der Waals surface area contributed by atoms with E-state index in [0.717, 1.165) is 9.47 Å². The SMILES string of the molecule is Cc1nnc(CN(C)C(=O)Oc2c(-c3ccc(Cl)cc3)c(C)c(C(F)(F)F)n2Cc2ccccc2)o1. The lowest BCUT2D eigenvalue weighted by atomic mass is 10.0. The van der Waals surface area contributed by atoms with Gasteiger partial charge in [-0.25, -0.2) is 4.79 Å². The van der Waals surface area contributed by atoms with E-state index in [0.29, 0.717) is 22.0 Å². The van der Waals surface area contributed by atoms with Crippen molar-refractivity contribution in [3.63, 3.8) is 0 Å². The van der Waals surface area contributed by atoms with Crippen LogP contribution < -0.4 is 4.74 Å². The molecule has 0 saturated carbocycles. The summed E-state index contributed by atoms with van der Waals surface area (Å²) in [6.07, 6.45) is -5.60. The quantitative estimate of drug-likeness (QED) is 0.291. The molecule has 2 heterocycles. The minimum atomic E-state index is -4.71. The molecular weight excluding hydrogens is 497 g/mol. The number of aryl methyl sites for hydroxylation is 1. The standard InChI is InChI=1S/C25H22ClF3N4O3/c1-15-21(18-9-11-19(26)12-10-18)23(36-24(34)32(3)14-20-31-30-16(2)35-20)33(22(15)25(27,28)29)13-17-7-5-4-6-8-17/h4-12H,13-14H2,1-3H3. The maximum Gasteiger partial charge on any atom is 0.431 e. The highest BCUT2D eigenvalue weighted by Crippen LogP contribution is 2.45. The van der Waals surface area contributed by atoms with Crippen LogP contribution in [0.3, 0.4) is 0 Å². The molecule has 1 amide bonds. The number of hydrogen-bond acceptors (Lipinski definition) is 5. The first-order valence-electron chi connectivity index (χ1n) is 10.9. The molecule has 7 nitrogen and oxygen atoms in total. The molecule has 0 N–H and O–H groups in total. The Morgan fingerprint density at radius 1 is 1.08 bits per heavy atom. The third-order valence-electron chi connectivity index (χ3n) is 5.48. The van der Waals surface area contributed by atoms with Crippen LogP contribution in [-0.2, 0) is 19.3 Å². The third kappa shape index (κ3) is 5.38. The van der Waals surface area contributed by atoms with Crippen LogP contribution in [-0.4, -0.2) is 32.8 Å². The fraction of sp³-hybridized carbons (Fsp3) is 0.240. The van der Waals surface area contributed by atoms with Crippen LogP contribution >= 0.6 is 11.6 Å². The van der Waals surface area contributed by atoms with Crippen molar-refractivity contribution in [2.45, 2.75) is 33.1 Å². The smallest absolute Gasteiger partial charge is 0.424 e. The van der Waals surface area contributed by atoms with Gasteiger partial charge in [0.25, 0.3) is 0 Å². The second-order valence-corrected chi connectivity index (χ2v) is 8.61. The highest BCUT2D eigenvalue weighted by molar-refractivity contribution is 6.30. The summed E-state index contributed by atoms with van der Waals surface area (Å²) in [5.74, 6) is 0.250. The normalized spacial score (nSPS) is 11.5. The van der Waals surface area contributed by atoms with Crippen molar-refractivity contribution in [1.29, 1.82) is 0 Å². The monoisotopic (exact) mass is 518 g/mol. The van der Waals surface area contributed by atoms with E-state index in [9.17, 15) is 18.0 Å². The first kappa shape index (κ1) is 25.3. The van der Waals surface area contributed by atoms with Crippen molar-refractivity contribution in [2.75, 3.05) is 7.05 Å². The molecule has 0 atom stereocenters. The predicted molar refractivity (Wildman–Crippen MR) is 127 cm³/mol. The molecule has 0 radical (unpaired) electrons. The van der Waals surface area contributed by atoms with Gasteiger partial charge < -0.3 is 18.6 Å². The maximum atomic E-state index is 14.4. The molecule has 2 aromatic heterocycles. The fourth-order valence-electron chi connectivity index (χ4n) is 3.89. The van der Waals surface area contributed by atoms with Crippen molar-refractivity contribution < 1.29 is 27.1 Å². The van der Waals surface area contributed by atoms with E-state index in [1.54, 1.807) is 61.5 Å². The Bertz CT molecular complexity index is 1370. The molecule has 0 unspecified atom stereocenters. The van der Waals surface area contributed by atoms with Crippen LogP contribution in [0.25, 0.3) is 11.1 Å². The second kappa shape index (κ2) is 10.1. The number of rotatable bonds is 6. The topological polar surface area (TPSA) is 73.4 Å². The van der Waals surface area contributed by atoms with Crippen molar-refractivity contribution in [1.82, 2.24) is 19.7 Å². The van der Waals surface area contributed by atoms with E-state index in [2.05, 4.69) is 10.2 Å². The van der Waals surface area contributed by atoms with Crippen LogP contribution in [0.5, 0.6) is 5.88 Å². The summed E-state index contributed by atoms with van der Waals surface area (Å²) >= 11 is 6.00. The third-order valence-corrected chi connectivity index (χ3v) is 5.73. The largest absolute Gasteiger partial charge is 0.431 e. The van der Waals surface area contributed by atoms with E-state index < -0.39 is 18.0 Å². The van der Waals surface area contributed by atoms with Gasteiger partial charge in [-0.1, -0.05) is 54.1 Å². The lowest BCUT2D eigenvalue weighted by Crippen LogP contribution is -2.30. The molecule has 0 fully saturated rings. The highest BCUT2D eigenvalue weighted by atomic mass is 35.5. The number of carbonyl (C=O) groups excluding carboxylic acids is 1. The summed E-state index contributed by atoms with van der Waals surface area (Å²) in [7, 11) is 1.42. The van der Waals surface area contributed by atoms with Crippen molar-refractivity contribution in [3.05, 3.63) is 88.2 Å². The van der Waals surface area contributed by atoms with Gasteiger partial charge in [0, 0.05) is 24.6 Å². The Morgan fingerprint density at radius 3 is 2.33 bits per heavy atom. The number of amides is 1. The number of hydrogen-bond donors (Lipinski definition) is 0. The summed E-state index contributed by atoms with van der Waals surface area (Å²) in [6.45, 7) is 2.71. The average molecular weight is 519 g/mol. The molecule has 0 aliphatic carbocycles. The van der Waals surface area contributed by atoms with E-state index in [1.165, 1.54) is 14.0 Å². The van der Waals surface area contributed by atoms with E-state index in [-0.39, 0.29) is 36.0 Å². The van der Waals surface area contributed by atoms with Gasteiger partial charge in [-0.05, 0) is 35.7 Å². The summed E-state index contributed by atoms with van der Waals surface area (Å²) in [5.41, 5.74) is 0.193. The molecule has 0 spiro atoms. The van der Waals surface area contributed by atoms with Crippen molar-refractivity contribution in [2.24, 2.45) is 0 Å². The summed E-state index contributed by atoms with van der Waals surface area (Å²) in [6, 6.07) is 14.9. The van der Waals surface area contributed by atoms with E-state index in [1.807, 2.05) is 0 Å². The Hall–Kier alpha value is -3.79. The molecule has 36 heavy (non-hydrogen) atoms. The predicted octanol–water partition coefficient (Wildman–Crippen LogP) is 6.51. The molecule has 4 rings (SSSR count). The molecular formula is C25H22ClF3N4O3. The summed E-state index contributed by atoms with van der Waals surface area (Å²) in [4.78, 5) is 14.2. The van der Waals surface area contributed by atoms with Gasteiger partial charge in [0.2, 0.25) is 17.7 Å². The minimum absolute atomic E-state index is 0.0706. The van der Waals surface area contributed by atoms with Gasteiger partial charge in [-0.15, -0.1) is 10.2 Å². The average Bonchev–Trinajstić information content (AvgIpc) is 3.34. The van der Waals surface area contributed by atoms with Gasteiger partial charge in [0.1, 0.15) is 12.2 Å². The number of ether oxygens (including phenoxy) is 1. The molecule has 0 bridgehead atoms. The number of nitrogens with zero attached hydrogens (tertiary/aromatic N) is 4. The minimum Gasteiger partial charge on any atom is -0.424 e. The van der Waals surface area contributed by atoms with Crippen LogP contribution in [0.15, 0.2) is 59.0 Å². The number of carbonyl (C=O) groups is 1. The van der Waals surface area contributed by atoms with Crippen LogP contribution in [0.1, 0.15) is 28.6 Å². The van der Waals surface area contributed by atoms with Gasteiger partial charge in [0.15, 0.2) is 0 Å². The van der Waals surface area contributed by atoms with E-state index in [4.69, 9.17) is 20.8 Å². The van der Waals surface area contributed by atoms with Crippen LogP contribution in [0, 0.1) is 13.8 Å².